The van der Waals surface area contributed by atoms with Crippen LogP contribution in [0.2, 0.25) is 0 Å². The van der Waals surface area contributed by atoms with Crippen LogP contribution in [0.5, 0.6) is 0 Å². The Morgan fingerprint density at radius 1 is 0.276 bits per heavy atom. The van der Waals surface area contributed by atoms with Crippen molar-refractivity contribution in [1.82, 2.24) is 0 Å². The van der Waals surface area contributed by atoms with E-state index in [-0.39, 0.29) is 38.0 Å². The van der Waals surface area contributed by atoms with Gasteiger partial charge in [0.2, 0.25) is 0 Å². The molecule has 0 spiro atoms. The Balaban J connectivity index is 4.53. The molecule has 0 radical (unpaired) electrons. The molecule has 430 valence electrons. The molecule has 76 heavy (non-hydrogen) atoms. The van der Waals surface area contributed by atoms with Gasteiger partial charge in [-0.2, -0.15) is 0 Å². The first-order valence-corrected chi connectivity index (χ1v) is 31.2. The number of ether oxygens (including phenoxy) is 3. The molecule has 1 unspecified atom stereocenters. The fraction of sp³-hybridized carbons (Fsp3) is 0.643. The molecule has 0 saturated heterocycles. The fourth-order valence-corrected chi connectivity index (χ4v) is 8.33. The van der Waals surface area contributed by atoms with E-state index in [1.54, 1.807) is 0 Å². The SMILES string of the molecule is CC/C=C\C/C=C\C/C=C\C/C=C\C/C=C\C/C=C\CCC(=O)OC(COC(=O)CCC/C=C\C/C=C\C/C=C\C/C=C\C/C=C\CC)COC(=O)CCCCCCCCCCCCCCCCCCCCCCCC. The number of esters is 3. The maximum absolute atomic E-state index is 12.9. The number of hydrogen-bond donors (Lipinski definition) is 0. The standard InChI is InChI=1S/C70H114O6/c1-4-7-10-13-16-19-22-25-28-31-33-34-35-37-39-42-45-48-51-54-57-60-63-69(72)75-66-67(65-74-68(71)62-59-56-53-50-47-44-41-38-30-27-24-21-18-15-12-9-6-3)76-70(73)64-61-58-55-52-49-46-43-40-36-32-29-26-23-20-17-14-11-8-5-2/h8-9,11-12,17-18,20-21,26-27,29-30,36,40-41,44,46,49-50,53,55,58,67H,4-7,10,13-16,19,22-25,28,31-35,37-39,42-43,45,47-48,51-52,54,56-57,59-66H2,1-3H3/b11-8-,12-9-,20-17-,21-18-,29-26-,30-27-,40-36-,44-41-,49-46-,53-50-,58-55-. The molecule has 0 aromatic heterocycles. The normalized spacial score (nSPS) is 13.0. The second-order valence-corrected chi connectivity index (χ2v) is 20.2. The van der Waals surface area contributed by atoms with Crippen molar-refractivity contribution in [3.8, 4) is 0 Å². The van der Waals surface area contributed by atoms with E-state index in [4.69, 9.17) is 14.2 Å². The Labute approximate surface area is 468 Å². The molecule has 0 aromatic carbocycles. The van der Waals surface area contributed by atoms with Crippen molar-refractivity contribution in [3.05, 3.63) is 134 Å². The van der Waals surface area contributed by atoms with Crippen molar-refractivity contribution < 1.29 is 28.6 Å². The van der Waals surface area contributed by atoms with E-state index in [2.05, 4.69) is 142 Å². The van der Waals surface area contributed by atoms with Crippen LogP contribution >= 0.6 is 0 Å². The molecule has 0 aliphatic carbocycles. The van der Waals surface area contributed by atoms with Gasteiger partial charge in [-0.1, -0.05) is 289 Å². The van der Waals surface area contributed by atoms with Gasteiger partial charge in [0.25, 0.3) is 0 Å². The molecule has 0 fully saturated rings. The predicted octanol–water partition coefficient (Wildman–Crippen LogP) is 21.4. The Morgan fingerprint density at radius 2 is 0.539 bits per heavy atom. The van der Waals surface area contributed by atoms with E-state index in [1.807, 2.05) is 12.2 Å². The van der Waals surface area contributed by atoms with Gasteiger partial charge < -0.3 is 14.2 Å². The van der Waals surface area contributed by atoms with E-state index < -0.39 is 12.1 Å². The van der Waals surface area contributed by atoms with Gasteiger partial charge in [-0.05, 0) is 96.3 Å². The summed E-state index contributed by atoms with van der Waals surface area (Å²) in [6.07, 6.45) is 89.1. The number of carbonyl (C=O) groups is 3. The van der Waals surface area contributed by atoms with Crippen molar-refractivity contribution in [2.45, 2.75) is 277 Å². The number of hydrogen-bond acceptors (Lipinski definition) is 6. The second kappa shape index (κ2) is 63.1. The Morgan fingerprint density at radius 3 is 0.855 bits per heavy atom. The summed E-state index contributed by atoms with van der Waals surface area (Å²) >= 11 is 0. The molecule has 6 nitrogen and oxygen atoms in total. The molecule has 0 saturated carbocycles. The van der Waals surface area contributed by atoms with Gasteiger partial charge in [-0.25, -0.2) is 0 Å². The summed E-state index contributed by atoms with van der Waals surface area (Å²) in [6, 6.07) is 0. The molecule has 0 bridgehead atoms. The molecule has 6 heteroatoms. The van der Waals surface area contributed by atoms with Crippen molar-refractivity contribution in [1.29, 1.82) is 0 Å². The minimum Gasteiger partial charge on any atom is -0.462 e. The monoisotopic (exact) mass is 1050 g/mol. The highest BCUT2D eigenvalue weighted by Crippen LogP contribution is 2.16. The first kappa shape index (κ1) is 71.5. The van der Waals surface area contributed by atoms with Gasteiger partial charge >= 0.3 is 17.9 Å². The molecule has 0 heterocycles. The zero-order valence-corrected chi connectivity index (χ0v) is 49.2. The summed E-state index contributed by atoms with van der Waals surface area (Å²) in [5, 5.41) is 0. The van der Waals surface area contributed by atoms with E-state index in [1.165, 1.54) is 122 Å². The predicted molar refractivity (Wildman–Crippen MR) is 329 cm³/mol. The first-order valence-electron chi connectivity index (χ1n) is 31.2. The summed E-state index contributed by atoms with van der Waals surface area (Å²) in [4.78, 5) is 38.2. The van der Waals surface area contributed by atoms with E-state index >= 15 is 0 Å². The maximum Gasteiger partial charge on any atom is 0.306 e. The maximum atomic E-state index is 12.9. The Hall–Kier alpha value is -4.45. The fourth-order valence-electron chi connectivity index (χ4n) is 8.33. The van der Waals surface area contributed by atoms with Crippen LogP contribution in [-0.4, -0.2) is 37.2 Å². The van der Waals surface area contributed by atoms with Gasteiger partial charge in [-0.3, -0.25) is 14.4 Å². The van der Waals surface area contributed by atoms with Gasteiger partial charge in [0.05, 0.1) is 0 Å². The van der Waals surface area contributed by atoms with E-state index in [9.17, 15) is 14.4 Å². The largest absolute Gasteiger partial charge is 0.462 e. The number of unbranched alkanes of at least 4 members (excludes halogenated alkanes) is 22. The number of allylic oxidation sites excluding steroid dienone is 22. The quantitative estimate of drug-likeness (QED) is 0.0261. The zero-order chi connectivity index (χ0) is 55.0. The Kier molecular flexibility index (Phi) is 59.4. The van der Waals surface area contributed by atoms with Gasteiger partial charge in [-0.15, -0.1) is 0 Å². The summed E-state index contributed by atoms with van der Waals surface area (Å²) in [7, 11) is 0. The topological polar surface area (TPSA) is 78.9 Å². The summed E-state index contributed by atoms with van der Waals surface area (Å²) in [6.45, 7) is 6.32. The van der Waals surface area contributed by atoms with Gasteiger partial charge in [0.1, 0.15) is 13.2 Å². The molecule has 0 rings (SSSR count). The molecule has 0 N–H and O–H groups in total. The van der Waals surface area contributed by atoms with Crippen LogP contribution in [0.4, 0.5) is 0 Å². The van der Waals surface area contributed by atoms with Crippen LogP contribution in [0.25, 0.3) is 0 Å². The van der Waals surface area contributed by atoms with E-state index in [0.29, 0.717) is 19.3 Å². The lowest BCUT2D eigenvalue weighted by molar-refractivity contribution is -0.166. The molecule has 0 aliphatic rings. The Bertz CT molecular complexity index is 1630. The zero-order valence-electron chi connectivity index (χ0n) is 49.2. The minimum atomic E-state index is -0.846. The highest BCUT2D eigenvalue weighted by atomic mass is 16.6. The second-order valence-electron chi connectivity index (χ2n) is 20.2. The minimum absolute atomic E-state index is 0.128. The van der Waals surface area contributed by atoms with Crippen molar-refractivity contribution in [3.63, 3.8) is 0 Å². The van der Waals surface area contributed by atoms with Crippen LogP contribution in [0.3, 0.4) is 0 Å². The average Bonchev–Trinajstić information content (AvgIpc) is 3.42. The van der Waals surface area contributed by atoms with Crippen LogP contribution in [0.1, 0.15) is 271 Å². The smallest absolute Gasteiger partial charge is 0.306 e. The summed E-state index contributed by atoms with van der Waals surface area (Å²) in [5.74, 6) is -1.07. The molecule has 0 aliphatic heterocycles. The van der Waals surface area contributed by atoms with E-state index in [0.717, 1.165) is 96.3 Å². The molecule has 0 aromatic rings. The third-order valence-electron chi connectivity index (χ3n) is 12.9. The average molecular weight is 1050 g/mol. The van der Waals surface area contributed by atoms with Crippen molar-refractivity contribution in [2.75, 3.05) is 13.2 Å². The molecule has 1 atom stereocenters. The lowest BCUT2D eigenvalue weighted by Crippen LogP contribution is -2.30. The summed E-state index contributed by atoms with van der Waals surface area (Å²) in [5.41, 5.74) is 0. The first-order chi connectivity index (χ1) is 37.5. The number of rotatable bonds is 55. The van der Waals surface area contributed by atoms with Gasteiger partial charge in [0, 0.05) is 19.3 Å². The lowest BCUT2D eigenvalue weighted by Gasteiger charge is -2.18. The van der Waals surface area contributed by atoms with Crippen molar-refractivity contribution >= 4 is 17.9 Å². The van der Waals surface area contributed by atoms with Crippen LogP contribution < -0.4 is 0 Å². The highest BCUT2D eigenvalue weighted by molar-refractivity contribution is 5.71. The summed E-state index contributed by atoms with van der Waals surface area (Å²) < 4.78 is 16.8. The molecule has 0 amide bonds. The van der Waals surface area contributed by atoms with Crippen LogP contribution in [0, 0.1) is 0 Å². The third-order valence-corrected chi connectivity index (χ3v) is 12.9. The van der Waals surface area contributed by atoms with Crippen LogP contribution in [0.15, 0.2) is 134 Å². The lowest BCUT2D eigenvalue weighted by atomic mass is 10.0. The number of carbonyl (C=O) groups excluding carboxylic acids is 3. The van der Waals surface area contributed by atoms with Crippen molar-refractivity contribution in [2.24, 2.45) is 0 Å². The molecular weight excluding hydrogens is 937 g/mol. The highest BCUT2D eigenvalue weighted by Gasteiger charge is 2.19. The van der Waals surface area contributed by atoms with Gasteiger partial charge in [0.15, 0.2) is 6.10 Å². The molecular formula is C70H114O6. The van der Waals surface area contributed by atoms with Crippen LogP contribution in [-0.2, 0) is 28.6 Å². The third kappa shape index (κ3) is 60.4.